The molecule has 0 aliphatic heterocycles. The molecule has 0 amide bonds. The van der Waals surface area contributed by atoms with Crippen molar-refractivity contribution in [3.05, 3.63) is 42.2 Å². The van der Waals surface area contributed by atoms with E-state index in [1.807, 2.05) is 34.7 Å². The number of nitrogens with zero attached hydrogens (tertiary/aromatic N) is 2. The minimum Gasteiger partial charge on any atom is -0.497 e. The largest absolute Gasteiger partial charge is 0.497 e. The van der Waals surface area contributed by atoms with Crippen molar-refractivity contribution in [2.75, 3.05) is 7.11 Å². The van der Waals surface area contributed by atoms with Gasteiger partial charge in [-0.1, -0.05) is 0 Å². The maximum absolute atomic E-state index is 11.0. The molecule has 17 heavy (non-hydrogen) atoms. The fourth-order valence-electron chi connectivity index (χ4n) is 1.99. The first-order valence-corrected chi connectivity index (χ1v) is 5.23. The van der Waals surface area contributed by atoms with Crippen molar-refractivity contribution in [2.45, 2.75) is 0 Å². The summed E-state index contributed by atoms with van der Waals surface area (Å²) in [6.07, 6.45) is 2.38. The van der Waals surface area contributed by atoms with Gasteiger partial charge in [-0.05, 0) is 29.7 Å². The molecule has 0 radical (unpaired) electrons. The number of imidazole rings is 1. The summed E-state index contributed by atoms with van der Waals surface area (Å²) in [5.41, 5.74) is 2.22. The highest BCUT2D eigenvalue weighted by Crippen LogP contribution is 2.22. The molecule has 0 aliphatic carbocycles. The van der Waals surface area contributed by atoms with Gasteiger partial charge in [0.15, 0.2) is 6.29 Å². The predicted octanol–water partition coefficient (Wildman–Crippen LogP) is 2.31. The van der Waals surface area contributed by atoms with Crippen molar-refractivity contribution in [2.24, 2.45) is 0 Å². The van der Waals surface area contributed by atoms with Crippen LogP contribution in [0.25, 0.3) is 16.6 Å². The fourth-order valence-corrected chi connectivity index (χ4v) is 1.99. The summed E-state index contributed by atoms with van der Waals surface area (Å²) in [6.45, 7) is 0. The van der Waals surface area contributed by atoms with E-state index in [0.29, 0.717) is 5.69 Å². The van der Waals surface area contributed by atoms with Gasteiger partial charge in [0.05, 0.1) is 18.8 Å². The van der Waals surface area contributed by atoms with Crippen LogP contribution in [0.5, 0.6) is 5.75 Å². The first-order chi connectivity index (χ1) is 8.33. The van der Waals surface area contributed by atoms with E-state index in [-0.39, 0.29) is 0 Å². The number of carbonyl (C=O) groups excluding carboxylic acids is 1. The maximum atomic E-state index is 11.0. The van der Waals surface area contributed by atoms with Crippen LogP contribution in [0, 0.1) is 0 Å². The van der Waals surface area contributed by atoms with Crippen LogP contribution in [0.3, 0.4) is 0 Å². The molecule has 3 rings (SSSR count). The van der Waals surface area contributed by atoms with Crippen LogP contribution in [0.4, 0.5) is 0 Å². The normalized spacial score (nSPS) is 10.9. The van der Waals surface area contributed by atoms with Gasteiger partial charge in [-0.25, -0.2) is 4.98 Å². The van der Waals surface area contributed by atoms with E-state index in [9.17, 15) is 4.79 Å². The highest BCUT2D eigenvalue weighted by molar-refractivity contribution is 5.87. The molecule has 0 aliphatic rings. The van der Waals surface area contributed by atoms with Crippen LogP contribution >= 0.6 is 0 Å². The van der Waals surface area contributed by atoms with Crippen LogP contribution in [0.2, 0.25) is 0 Å². The average Bonchev–Trinajstić information content (AvgIpc) is 2.81. The molecule has 0 saturated heterocycles. The summed E-state index contributed by atoms with van der Waals surface area (Å²) >= 11 is 0. The summed E-state index contributed by atoms with van der Waals surface area (Å²) in [5, 5.41) is 1.04. The average molecular weight is 226 g/mol. The second kappa shape index (κ2) is 3.59. The van der Waals surface area contributed by atoms with Gasteiger partial charge in [0.25, 0.3) is 0 Å². The predicted molar refractivity (Wildman–Crippen MR) is 64.6 cm³/mol. The van der Waals surface area contributed by atoms with E-state index in [2.05, 4.69) is 4.98 Å². The molecule has 2 aromatic heterocycles. The van der Waals surface area contributed by atoms with Gasteiger partial charge in [-0.15, -0.1) is 0 Å². The molecule has 0 unspecified atom stereocenters. The first-order valence-electron chi connectivity index (χ1n) is 5.23. The summed E-state index contributed by atoms with van der Waals surface area (Å²) in [5.74, 6) is 0.760. The van der Waals surface area contributed by atoms with Crippen molar-refractivity contribution >= 4 is 22.8 Å². The van der Waals surface area contributed by atoms with E-state index in [1.165, 1.54) is 0 Å². The topological polar surface area (TPSA) is 43.6 Å². The molecule has 0 saturated carbocycles. The molecule has 1 aromatic carbocycles. The van der Waals surface area contributed by atoms with Gasteiger partial charge in [0, 0.05) is 6.07 Å². The number of pyridine rings is 1. The number of hydrogen-bond donors (Lipinski definition) is 0. The molecule has 0 fully saturated rings. The Bertz CT molecular complexity index is 716. The zero-order valence-electron chi connectivity index (χ0n) is 9.25. The van der Waals surface area contributed by atoms with Crippen LogP contribution < -0.4 is 4.74 Å². The summed E-state index contributed by atoms with van der Waals surface area (Å²) in [4.78, 5) is 15.2. The quantitative estimate of drug-likeness (QED) is 0.630. The molecule has 3 aromatic rings. The lowest BCUT2D eigenvalue weighted by Gasteiger charge is -2.05. The number of methoxy groups -OCH3 is 1. The van der Waals surface area contributed by atoms with Gasteiger partial charge < -0.3 is 4.74 Å². The lowest BCUT2D eigenvalue weighted by atomic mass is 10.2. The SMILES string of the molecule is COc1ccc2ccc3ncc(C=O)n3c2c1. The fraction of sp³-hybridized carbons (Fsp3) is 0.0769. The Balaban J connectivity index is 2.50. The van der Waals surface area contributed by atoms with E-state index in [0.717, 1.165) is 28.6 Å². The zero-order chi connectivity index (χ0) is 11.8. The first kappa shape index (κ1) is 9.84. The van der Waals surface area contributed by atoms with E-state index < -0.39 is 0 Å². The second-order valence-electron chi connectivity index (χ2n) is 3.75. The molecule has 0 atom stereocenters. The lowest BCUT2D eigenvalue weighted by Crippen LogP contribution is -1.94. The molecule has 0 N–H and O–H groups in total. The number of hydrogen-bond acceptors (Lipinski definition) is 3. The highest BCUT2D eigenvalue weighted by atomic mass is 16.5. The molecule has 4 nitrogen and oxygen atoms in total. The third-order valence-electron chi connectivity index (χ3n) is 2.83. The second-order valence-corrected chi connectivity index (χ2v) is 3.75. The number of aromatic nitrogens is 2. The smallest absolute Gasteiger partial charge is 0.168 e. The molecule has 0 bridgehead atoms. The van der Waals surface area contributed by atoms with Gasteiger partial charge in [-0.3, -0.25) is 9.20 Å². The van der Waals surface area contributed by atoms with Crippen molar-refractivity contribution in [3.8, 4) is 5.75 Å². The standard InChI is InChI=1S/C13H10N2O2/c1-17-11-4-2-9-3-5-13-14-7-10(8-16)15(13)12(9)6-11/h2-8H,1H3. The van der Waals surface area contributed by atoms with Crippen molar-refractivity contribution in [1.29, 1.82) is 0 Å². The van der Waals surface area contributed by atoms with Crippen LogP contribution in [0.1, 0.15) is 10.5 Å². The molecule has 84 valence electrons. The Morgan fingerprint density at radius 2 is 2.12 bits per heavy atom. The molecule has 2 heterocycles. The van der Waals surface area contributed by atoms with Crippen molar-refractivity contribution in [3.63, 3.8) is 0 Å². The molecular formula is C13H10N2O2. The van der Waals surface area contributed by atoms with E-state index >= 15 is 0 Å². The molecule has 0 spiro atoms. The monoisotopic (exact) mass is 226 g/mol. The third kappa shape index (κ3) is 1.38. The summed E-state index contributed by atoms with van der Waals surface area (Å²) in [7, 11) is 1.62. The maximum Gasteiger partial charge on any atom is 0.168 e. The summed E-state index contributed by atoms with van der Waals surface area (Å²) in [6, 6.07) is 9.62. The lowest BCUT2D eigenvalue weighted by molar-refractivity contribution is 0.111. The zero-order valence-corrected chi connectivity index (χ0v) is 9.25. The number of benzene rings is 1. The van der Waals surface area contributed by atoms with E-state index in [4.69, 9.17) is 4.74 Å². The van der Waals surface area contributed by atoms with Gasteiger partial charge in [0.1, 0.15) is 17.1 Å². The molecular weight excluding hydrogens is 216 g/mol. The number of ether oxygens (including phenoxy) is 1. The molecule has 4 heteroatoms. The Morgan fingerprint density at radius 3 is 2.88 bits per heavy atom. The van der Waals surface area contributed by atoms with Crippen molar-refractivity contribution in [1.82, 2.24) is 9.38 Å². The van der Waals surface area contributed by atoms with Crippen LogP contribution in [-0.4, -0.2) is 22.8 Å². The minimum absolute atomic E-state index is 0.541. The van der Waals surface area contributed by atoms with Crippen LogP contribution in [0.15, 0.2) is 36.5 Å². The Labute approximate surface area is 97.5 Å². The number of aldehydes is 1. The number of carbonyl (C=O) groups is 1. The Morgan fingerprint density at radius 1 is 1.29 bits per heavy atom. The Kier molecular flexibility index (Phi) is 2.08. The van der Waals surface area contributed by atoms with Gasteiger partial charge >= 0.3 is 0 Å². The number of fused-ring (bicyclic) bond motifs is 3. The third-order valence-corrected chi connectivity index (χ3v) is 2.83. The van der Waals surface area contributed by atoms with Crippen molar-refractivity contribution < 1.29 is 9.53 Å². The number of rotatable bonds is 2. The van der Waals surface area contributed by atoms with Crippen LogP contribution in [-0.2, 0) is 0 Å². The van der Waals surface area contributed by atoms with E-state index in [1.54, 1.807) is 13.3 Å². The Hall–Kier alpha value is -2.36. The summed E-state index contributed by atoms with van der Waals surface area (Å²) < 4.78 is 7.02. The van der Waals surface area contributed by atoms with Gasteiger partial charge in [0.2, 0.25) is 0 Å². The van der Waals surface area contributed by atoms with Gasteiger partial charge in [-0.2, -0.15) is 0 Å². The minimum atomic E-state index is 0.541. The highest BCUT2D eigenvalue weighted by Gasteiger charge is 2.06.